The minimum atomic E-state index is -0.782. The van der Waals surface area contributed by atoms with E-state index in [1.807, 2.05) is 0 Å². The van der Waals surface area contributed by atoms with Crippen LogP contribution in [0.25, 0.3) is 0 Å². The molecule has 0 saturated heterocycles. The van der Waals surface area contributed by atoms with Crippen molar-refractivity contribution < 1.29 is 28.6 Å². The standard InChI is InChI=1S/C57H102O6/c1-4-7-10-13-16-19-22-24-25-26-27-28-29-30-31-33-35-38-41-44-47-50-56(59)62-53-54(52-61-55(58)49-46-43-40-37-34-21-18-15-12-9-6-3)63-57(60)51-48-45-42-39-36-32-23-20-17-14-11-8-5-2/h11,14-15,18,20,23,26-27,54H,4-10,12-13,16-17,19,21-22,24-25,28-53H2,1-3H3/b14-11-,18-15-,23-20-,27-26-. The van der Waals surface area contributed by atoms with E-state index in [0.29, 0.717) is 19.3 Å². The van der Waals surface area contributed by atoms with Gasteiger partial charge in [0.2, 0.25) is 0 Å². The number of hydrogen-bond acceptors (Lipinski definition) is 6. The van der Waals surface area contributed by atoms with E-state index in [1.54, 1.807) is 0 Å². The predicted molar refractivity (Wildman–Crippen MR) is 270 cm³/mol. The molecule has 0 rings (SSSR count). The zero-order chi connectivity index (χ0) is 45.8. The quantitative estimate of drug-likeness (QED) is 0.0262. The largest absolute Gasteiger partial charge is 0.462 e. The fourth-order valence-corrected chi connectivity index (χ4v) is 7.63. The molecule has 0 aromatic rings. The summed E-state index contributed by atoms with van der Waals surface area (Å²) in [6, 6.07) is 0. The van der Waals surface area contributed by atoms with Crippen molar-refractivity contribution in [1.29, 1.82) is 0 Å². The monoisotopic (exact) mass is 883 g/mol. The molecule has 6 nitrogen and oxygen atoms in total. The third kappa shape index (κ3) is 50.2. The van der Waals surface area contributed by atoms with Gasteiger partial charge in [0.25, 0.3) is 0 Å². The van der Waals surface area contributed by atoms with Gasteiger partial charge in [-0.3, -0.25) is 14.4 Å². The first-order valence-electron chi connectivity index (χ1n) is 27.1. The summed E-state index contributed by atoms with van der Waals surface area (Å²) >= 11 is 0. The molecule has 0 radical (unpaired) electrons. The molecule has 1 atom stereocenters. The van der Waals surface area contributed by atoms with Gasteiger partial charge in [-0.05, 0) is 89.9 Å². The molecule has 0 bridgehead atoms. The van der Waals surface area contributed by atoms with Crippen LogP contribution in [0.15, 0.2) is 48.6 Å². The third-order valence-corrected chi connectivity index (χ3v) is 11.8. The Balaban J connectivity index is 4.29. The highest BCUT2D eigenvalue weighted by Gasteiger charge is 2.19. The Morgan fingerprint density at radius 3 is 1.00 bits per heavy atom. The van der Waals surface area contributed by atoms with Crippen LogP contribution >= 0.6 is 0 Å². The van der Waals surface area contributed by atoms with Crippen molar-refractivity contribution in [3.63, 3.8) is 0 Å². The lowest BCUT2D eigenvalue weighted by molar-refractivity contribution is -0.167. The smallest absolute Gasteiger partial charge is 0.306 e. The molecule has 0 aliphatic carbocycles. The zero-order valence-corrected chi connectivity index (χ0v) is 41.8. The van der Waals surface area contributed by atoms with Gasteiger partial charge in [-0.2, -0.15) is 0 Å². The zero-order valence-electron chi connectivity index (χ0n) is 41.8. The van der Waals surface area contributed by atoms with E-state index in [9.17, 15) is 14.4 Å². The minimum Gasteiger partial charge on any atom is -0.462 e. The number of carbonyl (C=O) groups is 3. The molecule has 0 aromatic heterocycles. The summed E-state index contributed by atoms with van der Waals surface area (Å²) in [5.41, 5.74) is 0. The van der Waals surface area contributed by atoms with Gasteiger partial charge in [0.15, 0.2) is 6.10 Å². The molecule has 0 fully saturated rings. The maximum atomic E-state index is 12.8. The van der Waals surface area contributed by atoms with Gasteiger partial charge in [-0.1, -0.05) is 217 Å². The summed E-state index contributed by atoms with van der Waals surface area (Å²) in [4.78, 5) is 38.0. The van der Waals surface area contributed by atoms with Crippen molar-refractivity contribution in [3.05, 3.63) is 48.6 Å². The van der Waals surface area contributed by atoms with Crippen LogP contribution in [0.3, 0.4) is 0 Å². The molecular weight excluding hydrogens is 781 g/mol. The lowest BCUT2D eigenvalue weighted by Crippen LogP contribution is -2.30. The van der Waals surface area contributed by atoms with Crippen molar-refractivity contribution >= 4 is 17.9 Å². The van der Waals surface area contributed by atoms with Gasteiger partial charge in [-0.15, -0.1) is 0 Å². The van der Waals surface area contributed by atoms with E-state index in [4.69, 9.17) is 14.2 Å². The molecule has 1 unspecified atom stereocenters. The van der Waals surface area contributed by atoms with Crippen molar-refractivity contribution in [2.24, 2.45) is 0 Å². The second-order valence-electron chi connectivity index (χ2n) is 18.1. The first-order chi connectivity index (χ1) is 31.0. The summed E-state index contributed by atoms with van der Waals surface area (Å²) in [7, 11) is 0. The lowest BCUT2D eigenvalue weighted by atomic mass is 10.1. The molecule has 0 saturated carbocycles. The van der Waals surface area contributed by atoms with Crippen LogP contribution in [-0.4, -0.2) is 37.2 Å². The molecular formula is C57H102O6. The Hall–Kier alpha value is -2.63. The van der Waals surface area contributed by atoms with E-state index in [2.05, 4.69) is 69.4 Å². The summed E-state index contributed by atoms with van der Waals surface area (Å²) in [6.07, 6.45) is 62.5. The molecule has 366 valence electrons. The van der Waals surface area contributed by atoms with Gasteiger partial charge in [-0.25, -0.2) is 0 Å². The highest BCUT2D eigenvalue weighted by molar-refractivity contribution is 5.71. The van der Waals surface area contributed by atoms with Gasteiger partial charge in [0, 0.05) is 19.3 Å². The first kappa shape index (κ1) is 60.4. The van der Waals surface area contributed by atoms with Gasteiger partial charge in [0.05, 0.1) is 0 Å². The predicted octanol–water partition coefficient (Wildman–Crippen LogP) is 17.9. The molecule has 0 aliphatic heterocycles. The number of allylic oxidation sites excluding steroid dienone is 8. The molecule has 6 heteroatoms. The Morgan fingerprint density at radius 1 is 0.317 bits per heavy atom. The Labute approximate surface area is 390 Å². The van der Waals surface area contributed by atoms with E-state index >= 15 is 0 Å². The van der Waals surface area contributed by atoms with Crippen LogP contribution in [0.5, 0.6) is 0 Å². The maximum Gasteiger partial charge on any atom is 0.306 e. The van der Waals surface area contributed by atoms with Crippen LogP contribution in [0.2, 0.25) is 0 Å². The van der Waals surface area contributed by atoms with Crippen molar-refractivity contribution in [2.45, 2.75) is 284 Å². The molecule has 0 spiro atoms. The molecule has 0 aromatic carbocycles. The minimum absolute atomic E-state index is 0.0816. The SMILES string of the molecule is CCC/C=C\C/C=C\CCCCCCCC(=O)OC(COC(=O)CCCCCCC/C=C\CCCC)COC(=O)CCCCCCCCCCC/C=C\CCCCCCCCCC. The number of ether oxygens (including phenoxy) is 3. The number of carbonyl (C=O) groups excluding carboxylic acids is 3. The molecule has 0 heterocycles. The summed E-state index contributed by atoms with van der Waals surface area (Å²) < 4.78 is 16.8. The summed E-state index contributed by atoms with van der Waals surface area (Å²) in [6.45, 7) is 6.53. The fourth-order valence-electron chi connectivity index (χ4n) is 7.63. The van der Waals surface area contributed by atoms with Crippen LogP contribution in [0, 0.1) is 0 Å². The second-order valence-corrected chi connectivity index (χ2v) is 18.1. The molecule has 0 amide bonds. The van der Waals surface area contributed by atoms with E-state index in [-0.39, 0.29) is 31.1 Å². The van der Waals surface area contributed by atoms with E-state index < -0.39 is 6.10 Å². The highest BCUT2D eigenvalue weighted by atomic mass is 16.6. The Bertz CT molecular complexity index is 1110. The first-order valence-corrected chi connectivity index (χ1v) is 27.1. The molecule has 0 N–H and O–H groups in total. The van der Waals surface area contributed by atoms with Gasteiger partial charge in [0.1, 0.15) is 13.2 Å². The highest BCUT2D eigenvalue weighted by Crippen LogP contribution is 2.15. The van der Waals surface area contributed by atoms with Crippen molar-refractivity contribution in [1.82, 2.24) is 0 Å². The van der Waals surface area contributed by atoms with E-state index in [1.165, 1.54) is 141 Å². The van der Waals surface area contributed by atoms with Crippen LogP contribution in [-0.2, 0) is 28.6 Å². The maximum absolute atomic E-state index is 12.8. The van der Waals surface area contributed by atoms with Gasteiger partial charge >= 0.3 is 17.9 Å². The molecule has 63 heavy (non-hydrogen) atoms. The summed E-state index contributed by atoms with van der Waals surface area (Å²) in [5, 5.41) is 0. The number of hydrogen-bond donors (Lipinski definition) is 0. The van der Waals surface area contributed by atoms with Crippen LogP contribution in [0.4, 0.5) is 0 Å². The Morgan fingerprint density at radius 2 is 0.619 bits per heavy atom. The lowest BCUT2D eigenvalue weighted by Gasteiger charge is -2.18. The topological polar surface area (TPSA) is 78.9 Å². The molecule has 0 aliphatic rings. The third-order valence-electron chi connectivity index (χ3n) is 11.8. The number of esters is 3. The van der Waals surface area contributed by atoms with E-state index in [0.717, 1.165) is 96.3 Å². The number of rotatable bonds is 49. The van der Waals surface area contributed by atoms with Crippen molar-refractivity contribution in [3.8, 4) is 0 Å². The normalized spacial score (nSPS) is 12.4. The average Bonchev–Trinajstić information content (AvgIpc) is 3.28. The summed E-state index contributed by atoms with van der Waals surface area (Å²) in [5.74, 6) is -0.901. The van der Waals surface area contributed by atoms with Gasteiger partial charge < -0.3 is 14.2 Å². The number of unbranched alkanes of at least 4 members (excludes halogenated alkanes) is 30. The van der Waals surface area contributed by atoms with Crippen molar-refractivity contribution in [2.75, 3.05) is 13.2 Å². The fraction of sp³-hybridized carbons (Fsp3) is 0.807. The van der Waals surface area contributed by atoms with Crippen LogP contribution < -0.4 is 0 Å². The Kier molecular flexibility index (Phi) is 49.8. The second kappa shape index (κ2) is 52.0. The van der Waals surface area contributed by atoms with Crippen LogP contribution in [0.1, 0.15) is 278 Å². The average molecular weight is 883 g/mol.